The minimum absolute atomic E-state index is 0.0260. The molecule has 0 unspecified atom stereocenters. The van der Waals surface area contributed by atoms with Gasteiger partial charge >= 0.3 is 0 Å². The Labute approximate surface area is 217 Å². The Morgan fingerprint density at radius 3 is 2.30 bits per heavy atom. The number of anilines is 1. The fourth-order valence-electron chi connectivity index (χ4n) is 3.28. The van der Waals surface area contributed by atoms with E-state index >= 15 is 0 Å². The second-order valence-electron chi connectivity index (χ2n) is 7.82. The lowest BCUT2D eigenvalue weighted by molar-refractivity contribution is -0.119. The van der Waals surface area contributed by atoms with Gasteiger partial charge in [0.15, 0.2) is 0 Å². The third kappa shape index (κ3) is 7.11. The summed E-state index contributed by atoms with van der Waals surface area (Å²) in [6.07, 6.45) is 3.09. The fraction of sp³-hybridized carbons (Fsp3) is 0.185. The average Bonchev–Trinajstić information content (AvgIpc) is 2.91. The highest BCUT2D eigenvalue weighted by Gasteiger charge is 2.30. The Kier molecular flexibility index (Phi) is 9.28. The van der Waals surface area contributed by atoms with Crippen molar-refractivity contribution in [1.29, 1.82) is 0 Å². The van der Waals surface area contributed by atoms with Crippen LogP contribution in [-0.4, -0.2) is 47.9 Å². The summed E-state index contributed by atoms with van der Waals surface area (Å²) in [6.45, 7) is 5.30. The minimum Gasteiger partial charge on any atom is -0.497 e. The van der Waals surface area contributed by atoms with Gasteiger partial charge in [-0.2, -0.15) is 5.10 Å². The molecule has 3 rings (SSSR count). The zero-order chi connectivity index (χ0) is 26.8. The fourth-order valence-corrected chi connectivity index (χ4v) is 4.70. The zero-order valence-electron chi connectivity index (χ0n) is 20.9. The van der Waals surface area contributed by atoms with E-state index in [9.17, 15) is 13.2 Å². The number of methoxy groups -OCH3 is 2. The molecule has 194 valence electrons. The molecular formula is C27H29N3O6S. The summed E-state index contributed by atoms with van der Waals surface area (Å²) >= 11 is 0. The maximum absolute atomic E-state index is 13.6. The van der Waals surface area contributed by atoms with E-state index in [1.54, 1.807) is 54.6 Å². The average molecular weight is 524 g/mol. The van der Waals surface area contributed by atoms with Crippen molar-refractivity contribution in [3.8, 4) is 17.2 Å². The van der Waals surface area contributed by atoms with E-state index in [0.29, 0.717) is 23.7 Å². The summed E-state index contributed by atoms with van der Waals surface area (Å²) < 4.78 is 44.4. The molecule has 0 aliphatic heterocycles. The smallest absolute Gasteiger partial charge is 0.264 e. The van der Waals surface area contributed by atoms with E-state index in [1.807, 2.05) is 6.92 Å². The molecule has 0 saturated carbocycles. The third-order valence-corrected chi connectivity index (χ3v) is 6.98. The van der Waals surface area contributed by atoms with Crippen molar-refractivity contribution < 1.29 is 27.4 Å². The van der Waals surface area contributed by atoms with Gasteiger partial charge in [-0.25, -0.2) is 13.8 Å². The summed E-state index contributed by atoms with van der Waals surface area (Å²) in [5.74, 6) is 0.679. The van der Waals surface area contributed by atoms with Crippen molar-refractivity contribution in [2.24, 2.45) is 5.10 Å². The molecule has 0 aliphatic rings. The minimum atomic E-state index is -4.15. The lowest BCUT2D eigenvalue weighted by Crippen LogP contribution is -2.39. The Bertz CT molecular complexity index is 1350. The number of nitrogens with one attached hydrogen (secondary N) is 1. The van der Waals surface area contributed by atoms with Crippen molar-refractivity contribution in [2.45, 2.75) is 11.8 Å². The quantitative estimate of drug-likeness (QED) is 0.219. The summed E-state index contributed by atoms with van der Waals surface area (Å²) in [4.78, 5) is 12.9. The lowest BCUT2D eigenvalue weighted by atomic mass is 10.2. The first kappa shape index (κ1) is 27.3. The molecule has 10 heteroatoms. The number of sulfonamides is 1. The van der Waals surface area contributed by atoms with E-state index in [-0.39, 0.29) is 16.3 Å². The number of aryl methyl sites for hydroxylation is 1. The molecule has 0 radical (unpaired) electrons. The lowest BCUT2D eigenvalue weighted by Gasteiger charge is -2.25. The van der Waals surface area contributed by atoms with Crippen molar-refractivity contribution in [3.05, 3.63) is 90.5 Å². The summed E-state index contributed by atoms with van der Waals surface area (Å²) in [5.41, 5.74) is 4.15. The van der Waals surface area contributed by atoms with Gasteiger partial charge < -0.3 is 14.2 Å². The highest BCUT2D eigenvalue weighted by atomic mass is 32.2. The zero-order valence-corrected chi connectivity index (χ0v) is 21.7. The first-order valence-electron chi connectivity index (χ1n) is 11.3. The monoisotopic (exact) mass is 523 g/mol. The number of hydrazone groups is 1. The molecular weight excluding hydrogens is 494 g/mol. The molecule has 3 aromatic rings. The summed E-state index contributed by atoms with van der Waals surface area (Å²) in [7, 11) is -1.27. The van der Waals surface area contributed by atoms with E-state index in [2.05, 4.69) is 17.1 Å². The third-order valence-electron chi connectivity index (χ3n) is 5.20. The molecule has 0 bridgehead atoms. The number of hydrogen-bond donors (Lipinski definition) is 1. The van der Waals surface area contributed by atoms with Gasteiger partial charge in [0, 0.05) is 6.07 Å². The second kappa shape index (κ2) is 12.6. The standard InChI is InChI=1S/C27H29N3O6S/c1-5-16-36-22-10-8-21(9-11-22)18-28-29-27(31)19-30(25-17-23(34-3)12-15-26(25)35-4)37(32,33)24-13-6-20(2)7-14-24/h5-15,17-18H,1,16,19H2,2-4H3,(H,29,31)/b28-18-. The highest BCUT2D eigenvalue weighted by molar-refractivity contribution is 7.92. The van der Waals surface area contributed by atoms with Crippen LogP contribution >= 0.6 is 0 Å². The molecule has 9 nitrogen and oxygen atoms in total. The number of nitrogens with zero attached hydrogens (tertiary/aromatic N) is 2. The van der Waals surface area contributed by atoms with Crippen LogP contribution in [0.25, 0.3) is 0 Å². The van der Waals surface area contributed by atoms with Crippen molar-refractivity contribution in [2.75, 3.05) is 31.7 Å². The Morgan fingerprint density at radius 1 is 1.00 bits per heavy atom. The van der Waals surface area contributed by atoms with Crippen LogP contribution in [0.4, 0.5) is 5.69 Å². The van der Waals surface area contributed by atoms with Gasteiger partial charge in [0.05, 0.1) is 31.0 Å². The number of rotatable bonds is 12. The molecule has 1 N–H and O–H groups in total. The second-order valence-corrected chi connectivity index (χ2v) is 9.69. The maximum atomic E-state index is 13.6. The number of carbonyl (C=O) groups excluding carboxylic acids is 1. The van der Waals surface area contributed by atoms with E-state index < -0.39 is 22.5 Å². The van der Waals surface area contributed by atoms with E-state index in [0.717, 1.165) is 9.87 Å². The SMILES string of the molecule is C=CCOc1ccc(/C=N\NC(=O)CN(c2cc(OC)ccc2OC)S(=O)(=O)c2ccc(C)cc2)cc1. The predicted octanol–water partition coefficient (Wildman–Crippen LogP) is 3.92. The summed E-state index contributed by atoms with van der Waals surface area (Å²) in [5, 5.41) is 3.96. The molecule has 0 spiro atoms. The van der Waals surface area contributed by atoms with Crippen LogP contribution < -0.4 is 23.9 Å². The molecule has 1 amide bonds. The van der Waals surface area contributed by atoms with E-state index in [1.165, 1.54) is 38.6 Å². The summed E-state index contributed by atoms with van der Waals surface area (Å²) in [6, 6.07) is 18.1. The first-order chi connectivity index (χ1) is 17.8. The van der Waals surface area contributed by atoms with Crippen LogP contribution in [-0.2, 0) is 14.8 Å². The van der Waals surface area contributed by atoms with Gasteiger partial charge in [0.2, 0.25) is 0 Å². The van der Waals surface area contributed by atoms with Crippen LogP contribution in [0.1, 0.15) is 11.1 Å². The molecule has 0 heterocycles. The van der Waals surface area contributed by atoms with Gasteiger partial charge in [0.1, 0.15) is 30.4 Å². The topological polar surface area (TPSA) is 107 Å². The highest BCUT2D eigenvalue weighted by Crippen LogP contribution is 2.35. The molecule has 0 atom stereocenters. The number of benzene rings is 3. The molecule has 37 heavy (non-hydrogen) atoms. The number of carbonyl (C=O) groups is 1. The largest absolute Gasteiger partial charge is 0.497 e. The van der Waals surface area contributed by atoms with Crippen molar-refractivity contribution in [1.82, 2.24) is 5.43 Å². The van der Waals surface area contributed by atoms with Crippen LogP contribution in [0.5, 0.6) is 17.2 Å². The van der Waals surface area contributed by atoms with Crippen LogP contribution in [0.15, 0.2) is 89.4 Å². The van der Waals surface area contributed by atoms with Crippen molar-refractivity contribution >= 4 is 27.8 Å². The van der Waals surface area contributed by atoms with Crippen molar-refractivity contribution in [3.63, 3.8) is 0 Å². The predicted molar refractivity (Wildman–Crippen MR) is 143 cm³/mol. The van der Waals surface area contributed by atoms with Gasteiger partial charge in [-0.15, -0.1) is 0 Å². The van der Waals surface area contributed by atoms with Gasteiger partial charge in [0.25, 0.3) is 15.9 Å². The van der Waals surface area contributed by atoms with Gasteiger partial charge in [-0.05, 0) is 61.0 Å². The number of amides is 1. The van der Waals surface area contributed by atoms with Crippen LogP contribution in [0, 0.1) is 6.92 Å². The molecule has 0 aromatic heterocycles. The molecule has 0 aliphatic carbocycles. The Balaban J connectivity index is 1.86. The van der Waals surface area contributed by atoms with Crippen LogP contribution in [0.3, 0.4) is 0 Å². The van der Waals surface area contributed by atoms with Crippen LogP contribution in [0.2, 0.25) is 0 Å². The molecule has 0 fully saturated rings. The molecule has 3 aromatic carbocycles. The maximum Gasteiger partial charge on any atom is 0.264 e. The number of hydrogen-bond acceptors (Lipinski definition) is 7. The van der Waals surface area contributed by atoms with Gasteiger partial charge in [-0.1, -0.05) is 30.4 Å². The normalized spacial score (nSPS) is 11.1. The molecule has 0 saturated heterocycles. The Hall–Kier alpha value is -4.31. The van der Waals surface area contributed by atoms with E-state index in [4.69, 9.17) is 14.2 Å². The number of ether oxygens (including phenoxy) is 3. The first-order valence-corrected chi connectivity index (χ1v) is 12.7. The Morgan fingerprint density at radius 2 is 1.68 bits per heavy atom. The van der Waals surface area contributed by atoms with Gasteiger partial charge in [-0.3, -0.25) is 9.10 Å².